The van der Waals surface area contributed by atoms with Crippen molar-refractivity contribution in [2.75, 3.05) is 26.2 Å². The van der Waals surface area contributed by atoms with Crippen molar-refractivity contribution < 1.29 is 13.2 Å². The third-order valence-corrected chi connectivity index (χ3v) is 4.43. The lowest BCUT2D eigenvalue weighted by molar-refractivity contribution is -0.137. The molecule has 1 saturated heterocycles. The largest absolute Gasteiger partial charge is 0.417 e. The van der Waals surface area contributed by atoms with Crippen LogP contribution in [0.15, 0.2) is 18.2 Å². The number of hydrogen-bond acceptors (Lipinski definition) is 2. The summed E-state index contributed by atoms with van der Waals surface area (Å²) in [5, 5.41) is 3.05. The highest BCUT2D eigenvalue weighted by Gasteiger charge is 2.34. The fraction of sp³-hybridized carbons (Fsp3) is 0.625. The average molecular weight is 408 g/mol. The molecule has 1 aromatic rings. The first kappa shape index (κ1) is 23.8. The number of halogens is 6. The van der Waals surface area contributed by atoms with E-state index in [4.69, 9.17) is 11.6 Å². The first-order valence-corrected chi connectivity index (χ1v) is 8.12. The quantitative estimate of drug-likeness (QED) is 0.709. The number of unbranched alkanes of at least 4 members (excludes halogenated alkanes) is 1. The summed E-state index contributed by atoms with van der Waals surface area (Å²) in [5.41, 5.74) is -0.0182. The molecule has 0 saturated carbocycles. The zero-order valence-electron chi connectivity index (χ0n) is 13.5. The summed E-state index contributed by atoms with van der Waals surface area (Å²) in [6, 6.07) is 4.37. The van der Waals surface area contributed by atoms with Gasteiger partial charge in [0.05, 0.1) is 10.6 Å². The van der Waals surface area contributed by atoms with Crippen molar-refractivity contribution in [3.8, 4) is 0 Å². The second kappa shape index (κ2) is 10.7. The highest BCUT2D eigenvalue weighted by molar-refractivity contribution is 6.31. The standard InChI is InChI=1S/C16H22ClF3N2.2ClH/c1-2-3-4-15(22-9-7-21-8-10-22)12-5-6-14(17)13(11-12)16(18,19)20;;/h5-6,11,15,21H,2-4,7-10H2,1H3;2*1H/t15-;;/m1../s1. The molecule has 1 aliphatic heterocycles. The van der Waals surface area contributed by atoms with Crippen LogP contribution in [-0.4, -0.2) is 31.1 Å². The molecule has 140 valence electrons. The van der Waals surface area contributed by atoms with Gasteiger partial charge in [-0.1, -0.05) is 37.4 Å². The molecule has 0 amide bonds. The summed E-state index contributed by atoms with van der Waals surface area (Å²) >= 11 is 5.73. The van der Waals surface area contributed by atoms with E-state index < -0.39 is 11.7 Å². The van der Waals surface area contributed by atoms with Crippen molar-refractivity contribution in [3.63, 3.8) is 0 Å². The Morgan fingerprint density at radius 2 is 1.83 bits per heavy atom. The summed E-state index contributed by atoms with van der Waals surface area (Å²) in [6.07, 6.45) is -1.51. The smallest absolute Gasteiger partial charge is 0.314 e. The Kier molecular flexibility index (Phi) is 10.6. The molecule has 1 atom stereocenters. The van der Waals surface area contributed by atoms with Crippen molar-refractivity contribution in [1.29, 1.82) is 0 Å². The molecule has 2 rings (SSSR count). The molecule has 0 unspecified atom stereocenters. The number of alkyl halides is 3. The van der Waals surface area contributed by atoms with Crippen LogP contribution in [0.3, 0.4) is 0 Å². The predicted molar refractivity (Wildman–Crippen MR) is 97.7 cm³/mol. The first-order chi connectivity index (χ1) is 10.4. The van der Waals surface area contributed by atoms with Crippen molar-refractivity contribution in [2.24, 2.45) is 0 Å². The zero-order chi connectivity index (χ0) is 16.2. The summed E-state index contributed by atoms with van der Waals surface area (Å²) in [7, 11) is 0. The SMILES string of the molecule is CCCC[C@H](c1ccc(Cl)c(C(F)(F)F)c1)N1CCNCC1.Cl.Cl. The minimum absolute atomic E-state index is 0. The van der Waals surface area contributed by atoms with E-state index in [9.17, 15) is 13.2 Å². The van der Waals surface area contributed by atoms with Gasteiger partial charge in [0.15, 0.2) is 0 Å². The molecule has 0 spiro atoms. The van der Waals surface area contributed by atoms with Crippen LogP contribution in [0.5, 0.6) is 0 Å². The normalized spacial score (nSPS) is 16.9. The molecular weight excluding hydrogens is 384 g/mol. The van der Waals surface area contributed by atoms with Gasteiger partial charge in [-0.2, -0.15) is 13.2 Å². The number of rotatable bonds is 5. The van der Waals surface area contributed by atoms with Crippen LogP contribution in [0, 0.1) is 0 Å². The fourth-order valence-electron chi connectivity index (χ4n) is 2.92. The third kappa shape index (κ3) is 6.26. The van der Waals surface area contributed by atoms with Gasteiger partial charge < -0.3 is 5.32 Å². The highest BCUT2D eigenvalue weighted by atomic mass is 35.5. The van der Waals surface area contributed by atoms with Gasteiger partial charge in [-0.15, -0.1) is 24.8 Å². The number of hydrogen-bond donors (Lipinski definition) is 1. The van der Waals surface area contributed by atoms with Crippen molar-refractivity contribution in [2.45, 2.75) is 38.4 Å². The van der Waals surface area contributed by atoms with Gasteiger partial charge in [0.25, 0.3) is 0 Å². The number of nitrogens with one attached hydrogen (secondary N) is 1. The summed E-state index contributed by atoms with van der Waals surface area (Å²) < 4.78 is 39.2. The molecule has 1 heterocycles. The Balaban J connectivity index is 0.00000264. The molecule has 0 aromatic heterocycles. The Hall–Kier alpha value is -0.200. The number of nitrogens with zero attached hydrogens (tertiary/aromatic N) is 1. The van der Waals surface area contributed by atoms with E-state index in [0.29, 0.717) is 5.56 Å². The summed E-state index contributed by atoms with van der Waals surface area (Å²) in [6.45, 7) is 5.57. The lowest BCUT2D eigenvalue weighted by atomic mass is 9.97. The molecule has 0 bridgehead atoms. The van der Waals surface area contributed by atoms with Gasteiger partial charge in [-0.05, 0) is 24.1 Å². The van der Waals surface area contributed by atoms with Crippen molar-refractivity contribution >= 4 is 36.4 Å². The van der Waals surface area contributed by atoms with E-state index in [1.54, 1.807) is 6.07 Å². The Labute approximate surface area is 158 Å². The Morgan fingerprint density at radius 1 is 1.21 bits per heavy atom. The minimum Gasteiger partial charge on any atom is -0.314 e. The minimum atomic E-state index is -4.41. The lowest BCUT2D eigenvalue weighted by Crippen LogP contribution is -2.45. The maximum absolute atomic E-state index is 13.1. The topological polar surface area (TPSA) is 15.3 Å². The van der Waals surface area contributed by atoms with E-state index >= 15 is 0 Å². The molecular formula is C16H24Cl3F3N2. The second-order valence-electron chi connectivity index (χ2n) is 5.68. The Bertz CT molecular complexity index is 492. The summed E-state index contributed by atoms with van der Waals surface area (Å²) in [5.74, 6) is 0. The lowest BCUT2D eigenvalue weighted by Gasteiger charge is -2.35. The molecule has 1 N–H and O–H groups in total. The molecule has 0 radical (unpaired) electrons. The molecule has 2 nitrogen and oxygen atoms in total. The van der Waals surface area contributed by atoms with Gasteiger partial charge in [-0.3, -0.25) is 4.90 Å². The maximum atomic E-state index is 13.1. The maximum Gasteiger partial charge on any atom is 0.417 e. The van der Waals surface area contributed by atoms with Crippen LogP contribution >= 0.6 is 36.4 Å². The van der Waals surface area contributed by atoms with Crippen molar-refractivity contribution in [1.82, 2.24) is 10.2 Å². The number of piperazine rings is 1. The van der Waals surface area contributed by atoms with E-state index in [2.05, 4.69) is 17.1 Å². The molecule has 8 heteroatoms. The summed E-state index contributed by atoms with van der Waals surface area (Å²) in [4.78, 5) is 2.27. The van der Waals surface area contributed by atoms with Gasteiger partial charge in [0, 0.05) is 32.2 Å². The second-order valence-corrected chi connectivity index (χ2v) is 6.09. The van der Waals surface area contributed by atoms with Gasteiger partial charge in [0.1, 0.15) is 0 Å². The monoisotopic (exact) mass is 406 g/mol. The molecule has 1 aliphatic rings. The van der Waals surface area contributed by atoms with Crippen LogP contribution in [0.2, 0.25) is 5.02 Å². The Morgan fingerprint density at radius 3 is 2.38 bits per heavy atom. The molecule has 1 aromatic carbocycles. The average Bonchev–Trinajstić information content (AvgIpc) is 2.49. The molecule has 24 heavy (non-hydrogen) atoms. The highest BCUT2D eigenvalue weighted by Crippen LogP contribution is 2.37. The van der Waals surface area contributed by atoms with Crippen LogP contribution in [0.1, 0.15) is 43.4 Å². The molecule has 1 fully saturated rings. The van der Waals surface area contributed by atoms with Crippen molar-refractivity contribution in [3.05, 3.63) is 34.3 Å². The van der Waals surface area contributed by atoms with Gasteiger partial charge in [-0.25, -0.2) is 0 Å². The van der Waals surface area contributed by atoms with E-state index in [0.717, 1.165) is 45.4 Å². The van der Waals surface area contributed by atoms with Gasteiger partial charge in [0.2, 0.25) is 0 Å². The van der Waals surface area contributed by atoms with E-state index in [-0.39, 0.29) is 35.9 Å². The molecule has 0 aliphatic carbocycles. The van der Waals surface area contributed by atoms with Crippen LogP contribution in [-0.2, 0) is 6.18 Å². The van der Waals surface area contributed by atoms with E-state index in [1.807, 2.05) is 0 Å². The number of benzene rings is 1. The van der Waals surface area contributed by atoms with Crippen LogP contribution in [0.4, 0.5) is 13.2 Å². The first-order valence-electron chi connectivity index (χ1n) is 7.75. The van der Waals surface area contributed by atoms with E-state index in [1.165, 1.54) is 12.1 Å². The predicted octanol–water partition coefficient (Wildman–Crippen LogP) is 5.34. The third-order valence-electron chi connectivity index (χ3n) is 4.10. The zero-order valence-corrected chi connectivity index (χ0v) is 15.9. The van der Waals surface area contributed by atoms with Gasteiger partial charge >= 0.3 is 6.18 Å². The van der Waals surface area contributed by atoms with Crippen LogP contribution in [0.25, 0.3) is 0 Å². The van der Waals surface area contributed by atoms with Crippen LogP contribution < -0.4 is 5.32 Å². The fourth-order valence-corrected chi connectivity index (χ4v) is 3.14.